The first-order chi connectivity index (χ1) is 18.2. The van der Waals surface area contributed by atoms with Crippen molar-refractivity contribution in [1.29, 1.82) is 0 Å². The highest BCUT2D eigenvalue weighted by Crippen LogP contribution is 2.36. The van der Waals surface area contributed by atoms with Gasteiger partial charge in [-0.2, -0.15) is 13.2 Å². The molecule has 200 valence electrons. The smallest absolute Gasteiger partial charge is 0.380 e. The molecule has 1 fully saturated rings. The van der Waals surface area contributed by atoms with E-state index in [0.29, 0.717) is 31.6 Å². The van der Waals surface area contributed by atoms with Crippen LogP contribution in [0.3, 0.4) is 0 Å². The molecule has 0 bridgehead atoms. The maximum atomic E-state index is 13.2. The molecule has 0 radical (unpaired) electrons. The molecule has 1 atom stereocenters. The molecular formula is C28H28F3N3O4. The van der Waals surface area contributed by atoms with Gasteiger partial charge in [0.1, 0.15) is 0 Å². The van der Waals surface area contributed by atoms with Gasteiger partial charge in [-0.3, -0.25) is 14.4 Å². The number of ketones is 1. The number of alkyl halides is 3. The number of carbonyl (C=O) groups excluding carboxylic acids is 2. The summed E-state index contributed by atoms with van der Waals surface area (Å²) in [6, 6.07) is 16.4. The van der Waals surface area contributed by atoms with Gasteiger partial charge in [-0.25, -0.2) is 0 Å². The van der Waals surface area contributed by atoms with E-state index in [1.54, 1.807) is 30.3 Å². The molecule has 2 heterocycles. The minimum absolute atomic E-state index is 0.0404. The summed E-state index contributed by atoms with van der Waals surface area (Å²) in [6.45, 7) is 0.952. The highest BCUT2D eigenvalue weighted by molar-refractivity contribution is 5.94. The summed E-state index contributed by atoms with van der Waals surface area (Å²) < 4.78 is 45.2. The zero-order chi connectivity index (χ0) is 27.2. The number of para-hydroxylation sites is 1. The lowest BCUT2D eigenvalue weighted by molar-refractivity contribution is -0.137. The fourth-order valence-electron chi connectivity index (χ4n) is 4.50. The highest BCUT2D eigenvalue weighted by atomic mass is 19.4. The lowest BCUT2D eigenvalue weighted by atomic mass is 9.80. The van der Waals surface area contributed by atoms with Crippen LogP contribution >= 0.6 is 0 Å². The second-order valence-electron chi connectivity index (χ2n) is 9.34. The van der Waals surface area contributed by atoms with Crippen LogP contribution < -0.4 is 16.2 Å². The fourth-order valence-corrected chi connectivity index (χ4v) is 4.50. The van der Waals surface area contributed by atoms with Crippen LogP contribution in [0.1, 0.15) is 47.3 Å². The van der Waals surface area contributed by atoms with E-state index in [4.69, 9.17) is 4.74 Å². The molecule has 1 aromatic heterocycles. The Kier molecular flexibility index (Phi) is 8.31. The number of halogens is 3. The van der Waals surface area contributed by atoms with Crippen LogP contribution in [0.4, 0.5) is 24.5 Å². The molecule has 0 unspecified atom stereocenters. The van der Waals surface area contributed by atoms with Gasteiger partial charge in [0.05, 0.1) is 29.0 Å². The van der Waals surface area contributed by atoms with Crippen molar-refractivity contribution >= 4 is 23.1 Å². The number of aromatic amines is 1. The van der Waals surface area contributed by atoms with Crippen LogP contribution in [0.5, 0.6) is 0 Å². The first-order valence-corrected chi connectivity index (χ1v) is 12.3. The molecule has 3 aromatic rings. The van der Waals surface area contributed by atoms with E-state index in [1.807, 2.05) is 0 Å². The van der Waals surface area contributed by atoms with Crippen LogP contribution in [0.2, 0.25) is 0 Å². The van der Waals surface area contributed by atoms with Gasteiger partial charge in [0.2, 0.25) is 11.5 Å². The number of amides is 1. The predicted molar refractivity (Wildman–Crippen MR) is 136 cm³/mol. The molecule has 38 heavy (non-hydrogen) atoms. The van der Waals surface area contributed by atoms with E-state index in [2.05, 4.69) is 15.6 Å². The van der Waals surface area contributed by atoms with Crippen molar-refractivity contribution in [1.82, 2.24) is 10.3 Å². The number of Topliss-reactive ketones (excluding diaryl/α,β-unsaturated/α-hetero) is 1. The molecule has 1 aliphatic heterocycles. The minimum atomic E-state index is -4.47. The molecule has 2 aromatic carbocycles. The van der Waals surface area contributed by atoms with Crippen LogP contribution in [-0.2, 0) is 22.3 Å². The summed E-state index contributed by atoms with van der Waals surface area (Å²) in [5.74, 6) is -0.361. The van der Waals surface area contributed by atoms with Gasteiger partial charge in [0.25, 0.3) is 0 Å². The minimum Gasteiger partial charge on any atom is -0.380 e. The number of pyridine rings is 1. The number of benzene rings is 2. The van der Waals surface area contributed by atoms with E-state index >= 15 is 0 Å². The monoisotopic (exact) mass is 527 g/mol. The van der Waals surface area contributed by atoms with Crippen molar-refractivity contribution in [2.45, 2.75) is 38.4 Å². The van der Waals surface area contributed by atoms with E-state index in [-0.39, 0.29) is 48.2 Å². The van der Waals surface area contributed by atoms with Gasteiger partial charge in [0.15, 0.2) is 5.78 Å². The molecule has 1 amide bonds. The topological polar surface area (TPSA) is 100 Å². The Morgan fingerprint density at radius 3 is 2.45 bits per heavy atom. The predicted octanol–water partition coefficient (Wildman–Crippen LogP) is 5.21. The van der Waals surface area contributed by atoms with Crippen molar-refractivity contribution in [3.63, 3.8) is 0 Å². The molecule has 7 nitrogen and oxygen atoms in total. The van der Waals surface area contributed by atoms with Gasteiger partial charge in [-0.15, -0.1) is 0 Å². The normalized spacial score (nSPS) is 17.2. The van der Waals surface area contributed by atoms with Crippen molar-refractivity contribution < 1.29 is 27.5 Å². The molecule has 10 heteroatoms. The van der Waals surface area contributed by atoms with Crippen molar-refractivity contribution in [3.8, 4) is 0 Å². The first-order valence-electron chi connectivity index (χ1n) is 12.3. The summed E-state index contributed by atoms with van der Waals surface area (Å²) in [6.07, 6.45) is -2.81. The second kappa shape index (κ2) is 11.6. The quantitative estimate of drug-likeness (QED) is 0.314. The standard InChI is InChI=1S/C28H28F3N3O4/c29-28(30,31)21-5-1-2-6-22(21)33-20-12-10-19(11-13-20)17-32-26(37)27(15-16-38-18-27)14-4-8-24(35)23-7-3-9-25(36)34-23/h1-3,5-7,9-13,33H,4,8,14-18H2,(H,32,37)(H,34,36)/t27-/m1/s1. The SMILES string of the molecule is O=C(CCC[C@@]1(C(=O)NCc2ccc(Nc3ccccc3C(F)(F)F)cc2)CCOC1)c1cccc(=O)[nH]1. The Labute approximate surface area is 217 Å². The summed E-state index contributed by atoms with van der Waals surface area (Å²) in [7, 11) is 0. The molecule has 1 saturated heterocycles. The molecule has 3 N–H and O–H groups in total. The fraction of sp³-hybridized carbons (Fsp3) is 0.321. The Balaban J connectivity index is 1.32. The van der Waals surface area contributed by atoms with Gasteiger partial charge in [-0.05, 0) is 55.2 Å². The second-order valence-corrected chi connectivity index (χ2v) is 9.34. The van der Waals surface area contributed by atoms with Crippen LogP contribution in [0.25, 0.3) is 0 Å². The van der Waals surface area contributed by atoms with Gasteiger partial charge < -0.3 is 20.4 Å². The lowest BCUT2D eigenvalue weighted by Gasteiger charge is -2.26. The zero-order valence-electron chi connectivity index (χ0n) is 20.6. The van der Waals surface area contributed by atoms with E-state index < -0.39 is 17.2 Å². The number of ether oxygens (including phenoxy) is 1. The van der Waals surface area contributed by atoms with Crippen LogP contribution in [0.15, 0.2) is 71.5 Å². The molecular weight excluding hydrogens is 499 g/mol. The van der Waals surface area contributed by atoms with E-state index in [9.17, 15) is 27.6 Å². The number of rotatable bonds is 10. The van der Waals surface area contributed by atoms with Gasteiger partial charge >= 0.3 is 6.18 Å². The van der Waals surface area contributed by atoms with Crippen molar-refractivity contribution in [2.24, 2.45) is 5.41 Å². The maximum absolute atomic E-state index is 13.2. The summed E-state index contributed by atoms with van der Waals surface area (Å²) in [5.41, 5.74) is -0.357. The number of hydrogen-bond acceptors (Lipinski definition) is 5. The van der Waals surface area contributed by atoms with E-state index in [1.165, 1.54) is 30.3 Å². The average molecular weight is 528 g/mol. The third-order valence-electron chi connectivity index (χ3n) is 6.63. The van der Waals surface area contributed by atoms with Crippen molar-refractivity contribution in [3.05, 3.63) is 93.9 Å². The molecule has 0 aliphatic carbocycles. The molecule has 1 aliphatic rings. The van der Waals surface area contributed by atoms with E-state index in [0.717, 1.165) is 11.6 Å². The Morgan fingerprint density at radius 1 is 1.00 bits per heavy atom. The van der Waals surface area contributed by atoms with Gasteiger partial charge in [-0.1, -0.05) is 30.3 Å². The highest BCUT2D eigenvalue weighted by Gasteiger charge is 2.41. The average Bonchev–Trinajstić information content (AvgIpc) is 3.38. The maximum Gasteiger partial charge on any atom is 0.418 e. The molecule has 0 saturated carbocycles. The Hall–Kier alpha value is -3.92. The number of nitrogens with one attached hydrogen (secondary N) is 3. The summed E-state index contributed by atoms with van der Waals surface area (Å²) >= 11 is 0. The third kappa shape index (κ3) is 6.69. The summed E-state index contributed by atoms with van der Waals surface area (Å²) in [4.78, 5) is 39.5. The largest absolute Gasteiger partial charge is 0.418 e. The Morgan fingerprint density at radius 2 is 1.76 bits per heavy atom. The number of carbonyl (C=O) groups is 2. The first kappa shape index (κ1) is 27.1. The van der Waals surface area contributed by atoms with Crippen molar-refractivity contribution in [2.75, 3.05) is 18.5 Å². The van der Waals surface area contributed by atoms with Crippen LogP contribution in [-0.4, -0.2) is 29.9 Å². The molecule has 0 spiro atoms. The number of hydrogen-bond donors (Lipinski definition) is 3. The molecule has 4 rings (SSSR count). The number of H-pyrrole nitrogens is 1. The zero-order valence-corrected chi connectivity index (χ0v) is 20.6. The lowest BCUT2D eigenvalue weighted by Crippen LogP contribution is -2.41. The third-order valence-corrected chi connectivity index (χ3v) is 6.63. The Bertz CT molecular complexity index is 1330. The number of anilines is 2. The number of aromatic nitrogens is 1. The van der Waals surface area contributed by atoms with Crippen LogP contribution in [0, 0.1) is 5.41 Å². The van der Waals surface area contributed by atoms with Gasteiger partial charge in [0, 0.05) is 31.3 Å². The summed E-state index contributed by atoms with van der Waals surface area (Å²) in [5, 5.41) is 5.73.